The number of benzene rings is 2. The van der Waals surface area contributed by atoms with Gasteiger partial charge in [-0.05, 0) is 60.7 Å². The van der Waals surface area contributed by atoms with Crippen molar-refractivity contribution in [3.8, 4) is 11.5 Å². The van der Waals surface area contributed by atoms with Crippen molar-refractivity contribution in [2.45, 2.75) is 39.5 Å². The number of carbonyl (C=O) groups is 1. The lowest BCUT2D eigenvalue weighted by atomic mass is 9.81. The molecule has 0 saturated heterocycles. The summed E-state index contributed by atoms with van der Waals surface area (Å²) in [6.07, 6.45) is 0.942. The highest BCUT2D eigenvalue weighted by Gasteiger charge is 2.21. The molecule has 0 aliphatic carbocycles. The summed E-state index contributed by atoms with van der Waals surface area (Å²) in [6, 6.07) is 12.4. The number of ether oxygens (including phenoxy) is 1. The zero-order chi connectivity index (χ0) is 17.7. The average Bonchev–Trinajstić information content (AvgIpc) is 2.57. The minimum atomic E-state index is -0.328. The van der Waals surface area contributed by atoms with Crippen LogP contribution in [-0.4, -0.2) is 17.6 Å². The molecule has 0 unspecified atom stereocenters. The van der Waals surface area contributed by atoms with Crippen LogP contribution in [0.4, 0.5) is 5.69 Å². The van der Waals surface area contributed by atoms with Gasteiger partial charge < -0.3 is 15.2 Å². The van der Waals surface area contributed by atoms with Crippen molar-refractivity contribution in [2.24, 2.45) is 0 Å². The van der Waals surface area contributed by atoms with Gasteiger partial charge in [0.25, 0.3) is 5.91 Å². The molecule has 2 aromatic rings. The maximum absolute atomic E-state index is 12.5. The van der Waals surface area contributed by atoms with Crippen LogP contribution in [-0.2, 0) is 5.41 Å². The van der Waals surface area contributed by atoms with Gasteiger partial charge in [-0.25, -0.2) is 0 Å². The summed E-state index contributed by atoms with van der Waals surface area (Å²) in [6.45, 7) is 8.86. The van der Waals surface area contributed by atoms with Crippen molar-refractivity contribution >= 4 is 11.6 Å². The largest absolute Gasteiger partial charge is 0.507 e. The monoisotopic (exact) mass is 327 g/mol. The third-order valence-corrected chi connectivity index (χ3v) is 4.33. The lowest BCUT2D eigenvalue weighted by molar-refractivity contribution is 0.102. The van der Waals surface area contributed by atoms with E-state index in [1.54, 1.807) is 36.4 Å². The van der Waals surface area contributed by atoms with Crippen molar-refractivity contribution in [3.63, 3.8) is 0 Å². The number of nitrogens with one attached hydrogen (secondary N) is 1. The first-order valence-electron chi connectivity index (χ1n) is 8.25. The first kappa shape index (κ1) is 17.9. The Hall–Kier alpha value is -2.49. The molecule has 0 aromatic heterocycles. The first-order chi connectivity index (χ1) is 11.4. The summed E-state index contributed by atoms with van der Waals surface area (Å²) in [7, 11) is 0. The number of aromatic hydroxyl groups is 1. The third kappa shape index (κ3) is 4.07. The van der Waals surface area contributed by atoms with Crippen LogP contribution in [0.15, 0.2) is 42.5 Å². The van der Waals surface area contributed by atoms with Crippen LogP contribution in [0.2, 0.25) is 0 Å². The van der Waals surface area contributed by atoms with E-state index in [1.165, 1.54) is 0 Å². The van der Waals surface area contributed by atoms with Crippen molar-refractivity contribution in [2.75, 3.05) is 11.9 Å². The number of hydrogen-bond acceptors (Lipinski definition) is 3. The highest BCUT2D eigenvalue weighted by atomic mass is 16.5. The van der Waals surface area contributed by atoms with Crippen molar-refractivity contribution < 1.29 is 14.6 Å². The SMILES string of the molecule is CCOc1ccc(NC(=O)c2cc(C(C)(C)CC)ccc2O)cc1. The number of rotatable bonds is 6. The molecule has 4 nitrogen and oxygen atoms in total. The fraction of sp³-hybridized carbons (Fsp3) is 0.350. The minimum absolute atomic E-state index is 0.0194. The van der Waals surface area contributed by atoms with Gasteiger partial charge in [-0.15, -0.1) is 0 Å². The Balaban J connectivity index is 2.21. The smallest absolute Gasteiger partial charge is 0.259 e. The van der Waals surface area contributed by atoms with E-state index < -0.39 is 0 Å². The fourth-order valence-electron chi connectivity index (χ4n) is 2.34. The average molecular weight is 327 g/mol. The lowest BCUT2D eigenvalue weighted by Crippen LogP contribution is -2.18. The van der Waals surface area contributed by atoms with E-state index in [-0.39, 0.29) is 22.6 Å². The quantitative estimate of drug-likeness (QED) is 0.806. The highest BCUT2D eigenvalue weighted by Crippen LogP contribution is 2.30. The van der Waals surface area contributed by atoms with Crippen LogP contribution in [0, 0.1) is 0 Å². The molecule has 0 aliphatic heterocycles. The molecule has 0 aliphatic rings. The van der Waals surface area contributed by atoms with Crippen LogP contribution in [0.3, 0.4) is 0 Å². The van der Waals surface area contributed by atoms with Gasteiger partial charge in [0.05, 0.1) is 12.2 Å². The molecule has 0 saturated carbocycles. The molecule has 2 rings (SSSR count). The third-order valence-electron chi connectivity index (χ3n) is 4.33. The number of carbonyl (C=O) groups excluding carboxylic acids is 1. The van der Waals surface area contributed by atoms with Gasteiger partial charge in [0.1, 0.15) is 11.5 Å². The van der Waals surface area contributed by atoms with Gasteiger partial charge in [0, 0.05) is 5.69 Å². The molecule has 0 heterocycles. The summed E-state index contributed by atoms with van der Waals surface area (Å²) in [5, 5.41) is 12.9. The zero-order valence-corrected chi connectivity index (χ0v) is 14.7. The predicted octanol–water partition coefficient (Wildman–Crippen LogP) is 4.73. The van der Waals surface area contributed by atoms with Crippen LogP contribution in [0.5, 0.6) is 11.5 Å². The fourth-order valence-corrected chi connectivity index (χ4v) is 2.34. The van der Waals surface area contributed by atoms with E-state index in [0.29, 0.717) is 12.3 Å². The van der Waals surface area contributed by atoms with Crippen LogP contribution in [0.25, 0.3) is 0 Å². The Morgan fingerprint density at radius 3 is 2.38 bits per heavy atom. The molecule has 0 bridgehead atoms. The summed E-state index contributed by atoms with van der Waals surface area (Å²) < 4.78 is 5.38. The van der Waals surface area contributed by atoms with Crippen LogP contribution >= 0.6 is 0 Å². The van der Waals surface area contributed by atoms with E-state index >= 15 is 0 Å². The Morgan fingerprint density at radius 2 is 1.79 bits per heavy atom. The maximum Gasteiger partial charge on any atom is 0.259 e. The van der Waals surface area contributed by atoms with E-state index in [9.17, 15) is 9.90 Å². The minimum Gasteiger partial charge on any atom is -0.507 e. The van der Waals surface area contributed by atoms with Gasteiger partial charge in [-0.1, -0.05) is 26.8 Å². The van der Waals surface area contributed by atoms with Crippen molar-refractivity contribution in [1.82, 2.24) is 0 Å². The number of anilines is 1. The second-order valence-electron chi connectivity index (χ2n) is 6.38. The van der Waals surface area contributed by atoms with E-state index in [2.05, 4.69) is 26.1 Å². The van der Waals surface area contributed by atoms with Crippen LogP contribution in [0.1, 0.15) is 50.0 Å². The molecule has 0 radical (unpaired) electrons. The van der Waals surface area contributed by atoms with Gasteiger partial charge in [0.15, 0.2) is 0 Å². The number of phenolic OH excluding ortho intramolecular Hbond substituents is 1. The number of amides is 1. The summed E-state index contributed by atoms with van der Waals surface area (Å²) in [5.41, 5.74) is 1.91. The zero-order valence-electron chi connectivity index (χ0n) is 14.7. The second kappa shape index (κ2) is 7.39. The Kier molecular flexibility index (Phi) is 5.50. The van der Waals surface area contributed by atoms with Gasteiger partial charge >= 0.3 is 0 Å². The molecular weight excluding hydrogens is 302 g/mol. The Labute approximate surface area is 143 Å². The highest BCUT2D eigenvalue weighted by molar-refractivity contribution is 6.06. The van der Waals surface area contributed by atoms with E-state index in [1.807, 2.05) is 13.0 Å². The molecule has 4 heteroatoms. The molecule has 0 spiro atoms. The maximum atomic E-state index is 12.5. The Morgan fingerprint density at radius 1 is 1.12 bits per heavy atom. The van der Waals surface area contributed by atoms with Gasteiger partial charge in [-0.3, -0.25) is 4.79 Å². The molecule has 0 atom stereocenters. The summed E-state index contributed by atoms with van der Waals surface area (Å²) in [4.78, 5) is 12.5. The number of phenols is 1. The molecule has 1 amide bonds. The normalized spacial score (nSPS) is 11.2. The van der Waals surface area contributed by atoms with Crippen LogP contribution < -0.4 is 10.1 Å². The first-order valence-corrected chi connectivity index (χ1v) is 8.25. The lowest BCUT2D eigenvalue weighted by Gasteiger charge is -2.24. The topological polar surface area (TPSA) is 58.6 Å². The summed E-state index contributed by atoms with van der Waals surface area (Å²) in [5.74, 6) is 0.407. The number of hydrogen-bond donors (Lipinski definition) is 2. The van der Waals surface area contributed by atoms with E-state index in [4.69, 9.17) is 4.74 Å². The molecule has 128 valence electrons. The predicted molar refractivity (Wildman–Crippen MR) is 97.0 cm³/mol. The Bertz CT molecular complexity index is 705. The van der Waals surface area contributed by atoms with Crippen molar-refractivity contribution in [3.05, 3.63) is 53.6 Å². The second-order valence-corrected chi connectivity index (χ2v) is 6.38. The molecule has 2 aromatic carbocycles. The van der Waals surface area contributed by atoms with Gasteiger partial charge in [-0.2, -0.15) is 0 Å². The van der Waals surface area contributed by atoms with Crippen molar-refractivity contribution in [1.29, 1.82) is 0 Å². The van der Waals surface area contributed by atoms with E-state index in [0.717, 1.165) is 17.7 Å². The summed E-state index contributed by atoms with van der Waals surface area (Å²) >= 11 is 0. The molecule has 0 fully saturated rings. The van der Waals surface area contributed by atoms with Gasteiger partial charge in [0.2, 0.25) is 0 Å². The molecular formula is C20H25NO3. The standard InChI is InChI=1S/C20H25NO3/c1-5-20(3,4)14-7-12-18(22)17(13-14)19(23)21-15-8-10-16(11-9-15)24-6-2/h7-13,22H,5-6H2,1-4H3,(H,21,23). The molecule has 24 heavy (non-hydrogen) atoms. The molecule has 2 N–H and O–H groups in total.